The first-order valence-corrected chi connectivity index (χ1v) is 10.8. The molecule has 0 aliphatic carbocycles. The van der Waals surface area contributed by atoms with Crippen LogP contribution in [0.3, 0.4) is 0 Å². The van der Waals surface area contributed by atoms with Gasteiger partial charge in [-0.3, -0.25) is 9.69 Å². The van der Waals surface area contributed by atoms with Crippen LogP contribution in [0.5, 0.6) is 0 Å². The highest BCUT2D eigenvalue weighted by Gasteiger charge is 2.22. The Bertz CT molecular complexity index is 1080. The number of urea groups is 1. The Morgan fingerprint density at radius 1 is 0.968 bits per heavy atom. The SMILES string of the molecule is NC(=O)Nc1ccc(C(=O)N2CCN(Cc3ccc(-c4ccccc4F)s3)CC2)cc1. The van der Waals surface area contributed by atoms with E-state index in [1.54, 1.807) is 47.7 Å². The second-order valence-corrected chi connectivity index (χ2v) is 8.55. The molecule has 31 heavy (non-hydrogen) atoms. The second kappa shape index (κ2) is 9.28. The van der Waals surface area contributed by atoms with E-state index in [-0.39, 0.29) is 11.7 Å². The number of piperazine rings is 1. The number of primary amides is 1. The van der Waals surface area contributed by atoms with Gasteiger partial charge in [0.05, 0.1) is 0 Å². The largest absolute Gasteiger partial charge is 0.351 e. The summed E-state index contributed by atoms with van der Waals surface area (Å²) >= 11 is 1.60. The predicted octanol–water partition coefficient (Wildman–Crippen LogP) is 4.00. The topological polar surface area (TPSA) is 78.7 Å². The van der Waals surface area contributed by atoms with Gasteiger partial charge in [-0.15, -0.1) is 11.3 Å². The van der Waals surface area contributed by atoms with Crippen molar-refractivity contribution in [3.8, 4) is 10.4 Å². The third kappa shape index (κ3) is 5.10. The Morgan fingerprint density at radius 3 is 2.35 bits per heavy atom. The lowest BCUT2D eigenvalue weighted by Crippen LogP contribution is -2.48. The quantitative estimate of drug-likeness (QED) is 0.632. The average Bonchev–Trinajstić information content (AvgIpc) is 3.22. The van der Waals surface area contributed by atoms with Crippen LogP contribution in [0.15, 0.2) is 60.7 Å². The average molecular weight is 439 g/mol. The lowest BCUT2D eigenvalue weighted by molar-refractivity contribution is 0.0629. The van der Waals surface area contributed by atoms with Crippen molar-refractivity contribution < 1.29 is 14.0 Å². The first-order valence-electron chi connectivity index (χ1n) is 10.0. The van der Waals surface area contributed by atoms with E-state index in [0.717, 1.165) is 24.5 Å². The zero-order valence-corrected chi connectivity index (χ0v) is 17.7. The van der Waals surface area contributed by atoms with Gasteiger partial charge in [0, 0.05) is 59.3 Å². The van der Waals surface area contributed by atoms with Crippen LogP contribution >= 0.6 is 11.3 Å². The highest BCUT2D eigenvalue weighted by molar-refractivity contribution is 7.15. The number of halogens is 1. The minimum absolute atomic E-state index is 0.0248. The van der Waals surface area contributed by atoms with Gasteiger partial charge in [0.1, 0.15) is 5.82 Å². The van der Waals surface area contributed by atoms with Gasteiger partial charge in [-0.25, -0.2) is 9.18 Å². The molecule has 0 bridgehead atoms. The number of nitrogens with one attached hydrogen (secondary N) is 1. The molecule has 4 rings (SSSR count). The van der Waals surface area contributed by atoms with E-state index in [2.05, 4.69) is 10.2 Å². The van der Waals surface area contributed by atoms with Crippen LogP contribution in [0.4, 0.5) is 14.9 Å². The van der Waals surface area contributed by atoms with Gasteiger partial charge in [0.25, 0.3) is 5.91 Å². The Labute approximate surface area is 184 Å². The maximum absolute atomic E-state index is 14.0. The maximum atomic E-state index is 14.0. The van der Waals surface area contributed by atoms with Crippen LogP contribution in [-0.2, 0) is 6.54 Å². The minimum atomic E-state index is -0.637. The van der Waals surface area contributed by atoms with Crippen molar-refractivity contribution in [3.63, 3.8) is 0 Å². The second-order valence-electron chi connectivity index (χ2n) is 7.38. The predicted molar refractivity (Wildman–Crippen MR) is 121 cm³/mol. The fraction of sp³-hybridized carbons (Fsp3) is 0.217. The minimum Gasteiger partial charge on any atom is -0.351 e. The molecule has 3 aromatic rings. The summed E-state index contributed by atoms with van der Waals surface area (Å²) in [5.74, 6) is -0.232. The molecule has 0 unspecified atom stereocenters. The Hall–Kier alpha value is -3.23. The fourth-order valence-corrected chi connectivity index (χ4v) is 4.70. The van der Waals surface area contributed by atoms with Gasteiger partial charge in [-0.1, -0.05) is 18.2 Å². The van der Waals surface area contributed by atoms with Gasteiger partial charge in [-0.05, 0) is 42.5 Å². The van der Waals surface area contributed by atoms with Crippen LogP contribution in [0.2, 0.25) is 0 Å². The smallest absolute Gasteiger partial charge is 0.316 e. The molecule has 1 saturated heterocycles. The molecule has 8 heteroatoms. The van der Waals surface area contributed by atoms with Crippen molar-refractivity contribution in [2.24, 2.45) is 5.73 Å². The molecule has 1 aliphatic heterocycles. The molecule has 3 amide bonds. The molecule has 1 aliphatic rings. The van der Waals surface area contributed by atoms with Gasteiger partial charge < -0.3 is 16.0 Å². The van der Waals surface area contributed by atoms with Crippen molar-refractivity contribution in [2.75, 3.05) is 31.5 Å². The van der Waals surface area contributed by atoms with Crippen molar-refractivity contribution in [1.29, 1.82) is 0 Å². The van der Waals surface area contributed by atoms with Crippen LogP contribution < -0.4 is 11.1 Å². The van der Waals surface area contributed by atoms with E-state index in [0.29, 0.717) is 29.9 Å². The lowest BCUT2D eigenvalue weighted by atomic mass is 10.1. The number of hydrogen-bond acceptors (Lipinski definition) is 4. The molecule has 0 spiro atoms. The highest BCUT2D eigenvalue weighted by Crippen LogP contribution is 2.30. The first kappa shape index (κ1) is 21.0. The molecule has 1 aromatic heterocycles. The molecule has 1 fully saturated rings. The number of hydrogen-bond donors (Lipinski definition) is 2. The summed E-state index contributed by atoms with van der Waals surface area (Å²) in [6, 6.07) is 16.9. The molecule has 2 aromatic carbocycles. The summed E-state index contributed by atoms with van der Waals surface area (Å²) in [4.78, 5) is 29.9. The van der Waals surface area contributed by atoms with Crippen LogP contribution in [-0.4, -0.2) is 47.9 Å². The van der Waals surface area contributed by atoms with Crippen molar-refractivity contribution in [1.82, 2.24) is 9.80 Å². The van der Waals surface area contributed by atoms with Gasteiger partial charge in [-0.2, -0.15) is 0 Å². The van der Waals surface area contributed by atoms with E-state index >= 15 is 0 Å². The number of nitrogens with zero attached hydrogens (tertiary/aromatic N) is 2. The van der Waals surface area contributed by atoms with E-state index in [1.165, 1.54) is 10.9 Å². The molecular formula is C23H23FN4O2S. The summed E-state index contributed by atoms with van der Waals surface area (Å²) in [5.41, 5.74) is 6.86. The van der Waals surface area contributed by atoms with Gasteiger partial charge >= 0.3 is 6.03 Å². The van der Waals surface area contributed by atoms with Crippen LogP contribution in [0.1, 0.15) is 15.2 Å². The molecule has 6 nitrogen and oxygen atoms in total. The molecule has 0 atom stereocenters. The number of thiophene rings is 1. The number of rotatable bonds is 5. The fourth-order valence-electron chi connectivity index (χ4n) is 3.62. The number of anilines is 1. The van der Waals surface area contributed by atoms with E-state index < -0.39 is 6.03 Å². The maximum Gasteiger partial charge on any atom is 0.316 e. The van der Waals surface area contributed by atoms with Crippen molar-refractivity contribution in [2.45, 2.75) is 6.54 Å². The summed E-state index contributed by atoms with van der Waals surface area (Å²) < 4.78 is 14.0. The Balaban J connectivity index is 1.31. The van der Waals surface area contributed by atoms with Crippen LogP contribution in [0.25, 0.3) is 10.4 Å². The van der Waals surface area contributed by atoms with Gasteiger partial charge in [0.2, 0.25) is 0 Å². The molecule has 2 heterocycles. The number of carbonyl (C=O) groups excluding carboxylic acids is 2. The summed E-state index contributed by atoms with van der Waals surface area (Å²) in [7, 11) is 0. The summed E-state index contributed by atoms with van der Waals surface area (Å²) in [5, 5.41) is 2.48. The number of nitrogens with two attached hydrogens (primary N) is 1. The van der Waals surface area contributed by atoms with Crippen molar-refractivity contribution >= 4 is 29.0 Å². The normalized spacial score (nSPS) is 14.4. The van der Waals surface area contributed by atoms with E-state index in [1.807, 2.05) is 23.1 Å². The third-order valence-electron chi connectivity index (χ3n) is 5.24. The van der Waals surface area contributed by atoms with E-state index in [9.17, 15) is 14.0 Å². The molecule has 0 radical (unpaired) electrons. The van der Waals surface area contributed by atoms with Gasteiger partial charge in [0.15, 0.2) is 0 Å². The summed E-state index contributed by atoms with van der Waals surface area (Å²) in [6.07, 6.45) is 0. The standard InChI is InChI=1S/C23H23FN4O2S/c24-20-4-2-1-3-19(20)21-10-9-18(31-21)15-27-11-13-28(14-12-27)22(29)16-5-7-17(8-6-16)26-23(25)30/h1-10H,11-15H2,(H3,25,26,30). The summed E-state index contributed by atoms with van der Waals surface area (Å²) in [6.45, 7) is 3.63. The number of amides is 3. The molecular weight excluding hydrogens is 415 g/mol. The highest BCUT2D eigenvalue weighted by atomic mass is 32.1. The zero-order valence-electron chi connectivity index (χ0n) is 16.9. The molecule has 160 valence electrons. The molecule has 3 N–H and O–H groups in total. The Morgan fingerprint density at radius 2 is 1.68 bits per heavy atom. The number of carbonyl (C=O) groups is 2. The Kier molecular flexibility index (Phi) is 6.29. The van der Waals surface area contributed by atoms with Crippen molar-refractivity contribution in [3.05, 3.63) is 76.9 Å². The monoisotopic (exact) mass is 438 g/mol. The first-order chi connectivity index (χ1) is 15.0. The third-order valence-corrected chi connectivity index (χ3v) is 6.34. The molecule has 0 saturated carbocycles. The number of benzene rings is 2. The lowest BCUT2D eigenvalue weighted by Gasteiger charge is -2.34. The van der Waals surface area contributed by atoms with E-state index in [4.69, 9.17) is 5.73 Å². The zero-order chi connectivity index (χ0) is 21.8. The van der Waals surface area contributed by atoms with Crippen LogP contribution in [0, 0.1) is 5.82 Å².